The van der Waals surface area contributed by atoms with E-state index < -0.39 is 29.4 Å². The standard InChI is InChI=1S/C16H14F5N3O/c17-11-2-1-10(13(18)7-11)8-24(12-3-4-12)15(25)9-23-6-5-14(22-23)16(19,20)21/h1-2,5-7,12H,3-4,8-9H2. The molecule has 0 N–H and O–H groups in total. The lowest BCUT2D eigenvalue weighted by molar-refractivity contribution is -0.142. The summed E-state index contributed by atoms with van der Waals surface area (Å²) in [5.41, 5.74) is -0.930. The lowest BCUT2D eigenvalue weighted by Gasteiger charge is -2.23. The Labute approximate surface area is 139 Å². The average Bonchev–Trinajstić information content (AvgIpc) is 3.23. The lowest BCUT2D eigenvalue weighted by atomic mass is 10.2. The fraction of sp³-hybridized carbons (Fsp3) is 0.375. The molecule has 9 heteroatoms. The van der Waals surface area contributed by atoms with Crippen LogP contribution in [0.4, 0.5) is 22.0 Å². The van der Waals surface area contributed by atoms with Crippen molar-refractivity contribution in [2.24, 2.45) is 0 Å². The first kappa shape index (κ1) is 17.4. The molecular weight excluding hydrogens is 345 g/mol. The van der Waals surface area contributed by atoms with E-state index in [1.807, 2.05) is 0 Å². The van der Waals surface area contributed by atoms with Gasteiger partial charge in [0.1, 0.15) is 18.2 Å². The molecule has 1 amide bonds. The van der Waals surface area contributed by atoms with Crippen molar-refractivity contribution in [1.82, 2.24) is 14.7 Å². The van der Waals surface area contributed by atoms with Crippen molar-refractivity contribution in [3.63, 3.8) is 0 Å². The maximum absolute atomic E-state index is 13.8. The van der Waals surface area contributed by atoms with Gasteiger partial charge in [0.25, 0.3) is 0 Å². The van der Waals surface area contributed by atoms with Crippen LogP contribution in [-0.4, -0.2) is 26.6 Å². The fourth-order valence-corrected chi connectivity index (χ4v) is 2.47. The van der Waals surface area contributed by atoms with Crippen molar-refractivity contribution < 1.29 is 26.7 Å². The van der Waals surface area contributed by atoms with E-state index in [4.69, 9.17) is 0 Å². The second-order valence-electron chi connectivity index (χ2n) is 5.88. The van der Waals surface area contributed by atoms with E-state index in [1.165, 1.54) is 11.0 Å². The third-order valence-corrected chi connectivity index (χ3v) is 3.89. The highest BCUT2D eigenvalue weighted by molar-refractivity contribution is 5.76. The molecule has 4 nitrogen and oxygen atoms in total. The number of aromatic nitrogens is 2. The van der Waals surface area contributed by atoms with Crippen molar-refractivity contribution in [2.45, 2.75) is 38.1 Å². The van der Waals surface area contributed by atoms with Gasteiger partial charge < -0.3 is 4.90 Å². The maximum atomic E-state index is 13.8. The van der Waals surface area contributed by atoms with Crippen LogP contribution in [0, 0.1) is 11.6 Å². The van der Waals surface area contributed by atoms with Crippen LogP contribution in [0.5, 0.6) is 0 Å². The summed E-state index contributed by atoms with van der Waals surface area (Å²) in [7, 11) is 0. The van der Waals surface area contributed by atoms with Gasteiger partial charge in [-0.2, -0.15) is 18.3 Å². The maximum Gasteiger partial charge on any atom is 0.435 e. The van der Waals surface area contributed by atoms with E-state index in [9.17, 15) is 26.7 Å². The number of benzene rings is 1. The third kappa shape index (κ3) is 4.15. The van der Waals surface area contributed by atoms with Crippen molar-refractivity contribution in [1.29, 1.82) is 0 Å². The van der Waals surface area contributed by atoms with Gasteiger partial charge in [0.05, 0.1) is 0 Å². The van der Waals surface area contributed by atoms with Gasteiger partial charge in [0.2, 0.25) is 5.91 Å². The molecule has 1 aromatic heterocycles. The number of carbonyl (C=O) groups excluding carboxylic acids is 1. The highest BCUT2D eigenvalue weighted by Crippen LogP contribution is 2.30. The Morgan fingerprint density at radius 3 is 2.52 bits per heavy atom. The normalized spacial score (nSPS) is 14.6. The second-order valence-corrected chi connectivity index (χ2v) is 5.88. The molecule has 1 heterocycles. The predicted octanol–water partition coefficient (Wildman–Crippen LogP) is 3.37. The summed E-state index contributed by atoms with van der Waals surface area (Å²) in [5, 5.41) is 3.34. The zero-order valence-corrected chi connectivity index (χ0v) is 12.9. The van der Waals surface area contributed by atoms with Crippen LogP contribution in [0.3, 0.4) is 0 Å². The monoisotopic (exact) mass is 359 g/mol. The Bertz CT molecular complexity index is 782. The number of halogens is 5. The minimum absolute atomic E-state index is 0.0665. The highest BCUT2D eigenvalue weighted by atomic mass is 19.4. The van der Waals surface area contributed by atoms with E-state index in [0.29, 0.717) is 0 Å². The zero-order chi connectivity index (χ0) is 18.2. The minimum Gasteiger partial charge on any atom is -0.334 e. The topological polar surface area (TPSA) is 38.1 Å². The number of carbonyl (C=O) groups is 1. The van der Waals surface area contributed by atoms with E-state index in [1.54, 1.807) is 0 Å². The number of alkyl halides is 3. The Kier molecular flexibility index (Phi) is 4.49. The molecule has 1 aromatic carbocycles. The first-order chi connectivity index (χ1) is 11.7. The van der Waals surface area contributed by atoms with E-state index in [-0.39, 0.29) is 24.7 Å². The summed E-state index contributed by atoms with van der Waals surface area (Å²) in [4.78, 5) is 13.8. The number of nitrogens with zero attached hydrogens (tertiary/aromatic N) is 3. The van der Waals surface area contributed by atoms with E-state index in [2.05, 4.69) is 5.10 Å². The van der Waals surface area contributed by atoms with Gasteiger partial charge in [-0.1, -0.05) is 6.07 Å². The summed E-state index contributed by atoms with van der Waals surface area (Å²) in [5.74, 6) is -1.96. The van der Waals surface area contributed by atoms with Gasteiger partial charge in [-0.05, 0) is 25.0 Å². The number of hydrogen-bond acceptors (Lipinski definition) is 2. The molecule has 0 bridgehead atoms. The molecule has 1 aliphatic rings. The van der Waals surface area contributed by atoms with Crippen LogP contribution >= 0.6 is 0 Å². The lowest BCUT2D eigenvalue weighted by Crippen LogP contribution is -2.35. The van der Waals surface area contributed by atoms with Crippen LogP contribution in [0.2, 0.25) is 0 Å². The Hall–Kier alpha value is -2.45. The Balaban J connectivity index is 1.72. The molecule has 25 heavy (non-hydrogen) atoms. The molecule has 0 atom stereocenters. The van der Waals surface area contributed by atoms with Gasteiger partial charge in [-0.15, -0.1) is 0 Å². The smallest absolute Gasteiger partial charge is 0.334 e. The van der Waals surface area contributed by atoms with Crippen LogP contribution in [0.25, 0.3) is 0 Å². The van der Waals surface area contributed by atoms with Crippen LogP contribution in [-0.2, 0) is 24.1 Å². The SMILES string of the molecule is O=C(Cn1ccc(C(F)(F)F)n1)N(Cc1ccc(F)cc1F)C1CC1. The molecule has 0 saturated heterocycles. The Morgan fingerprint density at radius 1 is 1.24 bits per heavy atom. The molecule has 0 unspecified atom stereocenters. The van der Waals surface area contributed by atoms with Crippen molar-refractivity contribution in [3.05, 3.63) is 53.4 Å². The largest absolute Gasteiger partial charge is 0.435 e. The number of amides is 1. The van der Waals surface area contributed by atoms with Gasteiger partial charge in [0, 0.05) is 30.4 Å². The molecule has 134 valence electrons. The molecule has 0 aliphatic heterocycles. The Morgan fingerprint density at radius 2 is 1.96 bits per heavy atom. The summed E-state index contributed by atoms with van der Waals surface area (Å²) >= 11 is 0. The van der Waals surface area contributed by atoms with Crippen molar-refractivity contribution >= 4 is 5.91 Å². The van der Waals surface area contributed by atoms with Gasteiger partial charge in [-0.25, -0.2) is 8.78 Å². The molecule has 2 aromatic rings. The molecule has 1 aliphatic carbocycles. The van der Waals surface area contributed by atoms with Crippen LogP contribution in [0.1, 0.15) is 24.1 Å². The molecule has 3 rings (SSSR count). The van der Waals surface area contributed by atoms with Crippen LogP contribution in [0.15, 0.2) is 30.5 Å². The van der Waals surface area contributed by atoms with Crippen LogP contribution < -0.4 is 0 Å². The third-order valence-electron chi connectivity index (χ3n) is 3.89. The summed E-state index contributed by atoms with van der Waals surface area (Å²) in [6.07, 6.45) is -2.03. The summed E-state index contributed by atoms with van der Waals surface area (Å²) in [6.45, 7) is -0.446. The summed E-state index contributed by atoms with van der Waals surface area (Å²) < 4.78 is 65.3. The van der Waals surface area contributed by atoms with E-state index in [0.717, 1.165) is 41.9 Å². The quantitative estimate of drug-likeness (QED) is 0.768. The predicted molar refractivity (Wildman–Crippen MR) is 77.2 cm³/mol. The van der Waals surface area contributed by atoms with E-state index >= 15 is 0 Å². The number of hydrogen-bond donors (Lipinski definition) is 0. The highest BCUT2D eigenvalue weighted by Gasteiger charge is 2.35. The minimum atomic E-state index is -4.58. The molecule has 0 spiro atoms. The fourth-order valence-electron chi connectivity index (χ4n) is 2.47. The average molecular weight is 359 g/mol. The molecule has 1 fully saturated rings. The van der Waals surface area contributed by atoms with Gasteiger partial charge >= 0.3 is 6.18 Å². The van der Waals surface area contributed by atoms with Gasteiger partial charge in [-0.3, -0.25) is 9.48 Å². The van der Waals surface area contributed by atoms with Crippen molar-refractivity contribution in [3.8, 4) is 0 Å². The zero-order valence-electron chi connectivity index (χ0n) is 12.9. The molecule has 0 radical (unpaired) electrons. The second kappa shape index (κ2) is 6.45. The van der Waals surface area contributed by atoms with Crippen molar-refractivity contribution in [2.75, 3.05) is 0 Å². The number of rotatable bonds is 5. The summed E-state index contributed by atoms with van der Waals surface area (Å²) in [6, 6.07) is 3.78. The molecular formula is C16H14F5N3O. The molecule has 1 saturated carbocycles. The van der Waals surface area contributed by atoms with Gasteiger partial charge in [0.15, 0.2) is 5.69 Å². The first-order valence-electron chi connectivity index (χ1n) is 7.58. The first-order valence-corrected chi connectivity index (χ1v) is 7.58.